The van der Waals surface area contributed by atoms with Gasteiger partial charge < -0.3 is 20.4 Å². The van der Waals surface area contributed by atoms with E-state index in [1.54, 1.807) is 6.92 Å². The number of amides is 2. The Morgan fingerprint density at radius 2 is 2.15 bits per heavy atom. The second-order valence-corrected chi connectivity index (χ2v) is 5.47. The Labute approximate surface area is 120 Å². The summed E-state index contributed by atoms with van der Waals surface area (Å²) in [5, 5.41) is 20.5. The van der Waals surface area contributed by atoms with E-state index in [0.29, 0.717) is 19.4 Å². The highest BCUT2D eigenvalue weighted by molar-refractivity contribution is 5.74. The Kier molecular flexibility index (Phi) is 7.36. The molecule has 0 radical (unpaired) electrons. The van der Waals surface area contributed by atoms with Gasteiger partial charge >= 0.3 is 12.0 Å². The first-order valence-electron chi connectivity index (χ1n) is 7.44. The van der Waals surface area contributed by atoms with Gasteiger partial charge in [-0.2, -0.15) is 0 Å². The van der Waals surface area contributed by atoms with Gasteiger partial charge in [0.2, 0.25) is 0 Å². The lowest BCUT2D eigenvalue weighted by Gasteiger charge is -2.25. The van der Waals surface area contributed by atoms with Gasteiger partial charge in [-0.15, -0.1) is 0 Å². The minimum absolute atomic E-state index is 0.0617. The highest BCUT2D eigenvalue weighted by Crippen LogP contribution is 2.21. The van der Waals surface area contributed by atoms with Crippen LogP contribution in [0.25, 0.3) is 0 Å². The highest BCUT2D eigenvalue weighted by atomic mass is 16.4. The predicted octanol–water partition coefficient (Wildman–Crippen LogP) is 1.43. The number of nitrogens with zero attached hydrogens (tertiary/aromatic N) is 1. The summed E-state index contributed by atoms with van der Waals surface area (Å²) in [6, 6.07) is 0.175. The summed E-state index contributed by atoms with van der Waals surface area (Å²) in [4.78, 5) is 24.5. The van der Waals surface area contributed by atoms with Crippen LogP contribution in [0.1, 0.15) is 45.4 Å². The van der Waals surface area contributed by atoms with E-state index < -0.39 is 5.97 Å². The van der Waals surface area contributed by atoms with E-state index >= 15 is 0 Å². The molecule has 2 unspecified atom stereocenters. The Bertz CT molecular complexity index is 322. The van der Waals surface area contributed by atoms with Crippen LogP contribution in [0.3, 0.4) is 0 Å². The van der Waals surface area contributed by atoms with E-state index in [2.05, 4.69) is 5.32 Å². The van der Waals surface area contributed by atoms with E-state index in [4.69, 9.17) is 10.2 Å². The van der Waals surface area contributed by atoms with E-state index in [9.17, 15) is 9.59 Å². The lowest BCUT2D eigenvalue weighted by Crippen LogP contribution is -2.43. The molecule has 20 heavy (non-hydrogen) atoms. The van der Waals surface area contributed by atoms with Crippen LogP contribution in [0, 0.1) is 5.92 Å². The minimum atomic E-state index is -0.792. The zero-order valence-electron chi connectivity index (χ0n) is 12.2. The maximum atomic E-state index is 12.0. The molecule has 0 aromatic carbocycles. The number of aliphatic carboxylic acids is 1. The normalized spacial score (nSPS) is 19.9. The third-order valence-electron chi connectivity index (χ3n) is 3.85. The van der Waals surface area contributed by atoms with Gasteiger partial charge in [-0.3, -0.25) is 4.79 Å². The van der Waals surface area contributed by atoms with Crippen molar-refractivity contribution in [1.82, 2.24) is 10.2 Å². The van der Waals surface area contributed by atoms with Crippen LogP contribution in [0.2, 0.25) is 0 Å². The van der Waals surface area contributed by atoms with Crippen LogP contribution in [0.4, 0.5) is 4.79 Å². The number of carbonyl (C=O) groups is 2. The van der Waals surface area contributed by atoms with Crippen molar-refractivity contribution < 1.29 is 19.8 Å². The molecule has 0 aliphatic carbocycles. The number of carboxylic acids is 1. The summed E-state index contributed by atoms with van der Waals surface area (Å²) in [7, 11) is 0. The third-order valence-corrected chi connectivity index (χ3v) is 3.85. The lowest BCUT2D eigenvalue weighted by molar-refractivity contribution is -0.141. The highest BCUT2D eigenvalue weighted by Gasteiger charge is 2.27. The summed E-state index contributed by atoms with van der Waals surface area (Å²) in [5.41, 5.74) is 0. The van der Waals surface area contributed by atoms with Crippen LogP contribution in [-0.2, 0) is 4.79 Å². The average Bonchev–Trinajstić information content (AvgIpc) is 2.88. The Morgan fingerprint density at radius 3 is 2.80 bits per heavy atom. The molecule has 3 N–H and O–H groups in total. The van der Waals surface area contributed by atoms with Gasteiger partial charge in [0.1, 0.15) is 0 Å². The fraction of sp³-hybridized carbons (Fsp3) is 0.857. The van der Waals surface area contributed by atoms with E-state index in [1.165, 1.54) is 0 Å². The van der Waals surface area contributed by atoms with Gasteiger partial charge in [-0.25, -0.2) is 4.79 Å². The van der Waals surface area contributed by atoms with Crippen molar-refractivity contribution in [3.8, 4) is 0 Å². The van der Waals surface area contributed by atoms with Crippen LogP contribution in [0.15, 0.2) is 0 Å². The van der Waals surface area contributed by atoms with Crippen molar-refractivity contribution in [3.63, 3.8) is 0 Å². The molecule has 6 nitrogen and oxygen atoms in total. The first kappa shape index (κ1) is 16.8. The molecular weight excluding hydrogens is 260 g/mol. The zero-order valence-corrected chi connectivity index (χ0v) is 12.2. The number of hydrogen-bond acceptors (Lipinski definition) is 3. The van der Waals surface area contributed by atoms with E-state index in [0.717, 1.165) is 32.2 Å². The van der Waals surface area contributed by atoms with Crippen molar-refractivity contribution >= 4 is 12.0 Å². The second kappa shape index (κ2) is 8.79. The van der Waals surface area contributed by atoms with Gasteiger partial charge in [-0.05, 0) is 38.5 Å². The standard InChI is InChI=1S/C14H26N2O4/c1-11(13(18)19)5-2-8-15-14(20)16-9-3-6-12(16)7-4-10-17/h11-12,17H,2-10H2,1H3,(H,15,20)(H,18,19). The van der Waals surface area contributed by atoms with Crippen molar-refractivity contribution in [1.29, 1.82) is 0 Å². The quantitative estimate of drug-likeness (QED) is 0.589. The van der Waals surface area contributed by atoms with Crippen molar-refractivity contribution in [3.05, 3.63) is 0 Å². The summed E-state index contributed by atoms with van der Waals surface area (Å²) in [6.07, 6.45) is 4.84. The number of urea groups is 1. The number of aliphatic hydroxyl groups excluding tert-OH is 1. The first-order chi connectivity index (χ1) is 9.56. The van der Waals surface area contributed by atoms with Gasteiger partial charge in [0.05, 0.1) is 5.92 Å². The molecular formula is C14H26N2O4. The monoisotopic (exact) mass is 286 g/mol. The number of rotatable bonds is 8. The summed E-state index contributed by atoms with van der Waals surface area (Å²) in [6.45, 7) is 3.13. The SMILES string of the molecule is CC(CCCNC(=O)N1CCCC1CCCO)C(=O)O. The molecule has 1 saturated heterocycles. The molecule has 1 heterocycles. The molecule has 6 heteroatoms. The molecule has 2 atom stereocenters. The van der Waals surface area contributed by atoms with Crippen LogP contribution < -0.4 is 5.32 Å². The Morgan fingerprint density at radius 1 is 1.40 bits per heavy atom. The molecule has 0 spiro atoms. The van der Waals surface area contributed by atoms with Crippen molar-refractivity contribution in [2.75, 3.05) is 19.7 Å². The van der Waals surface area contributed by atoms with Crippen molar-refractivity contribution in [2.45, 2.75) is 51.5 Å². The minimum Gasteiger partial charge on any atom is -0.481 e. The van der Waals surface area contributed by atoms with Gasteiger partial charge in [0, 0.05) is 25.7 Å². The fourth-order valence-electron chi connectivity index (χ4n) is 2.56. The lowest BCUT2D eigenvalue weighted by atomic mass is 10.1. The molecule has 0 bridgehead atoms. The molecule has 1 rings (SSSR count). The molecule has 116 valence electrons. The Balaban J connectivity index is 2.23. The fourth-order valence-corrected chi connectivity index (χ4v) is 2.56. The number of carbonyl (C=O) groups excluding carboxylic acids is 1. The number of aliphatic hydroxyl groups is 1. The van der Waals surface area contributed by atoms with E-state index in [1.807, 2.05) is 4.90 Å². The topological polar surface area (TPSA) is 89.9 Å². The summed E-state index contributed by atoms with van der Waals surface area (Å²) in [5.74, 6) is -1.16. The second-order valence-electron chi connectivity index (χ2n) is 5.47. The number of hydrogen-bond donors (Lipinski definition) is 3. The van der Waals surface area contributed by atoms with Crippen LogP contribution in [0.5, 0.6) is 0 Å². The summed E-state index contributed by atoms with van der Waals surface area (Å²) < 4.78 is 0. The van der Waals surface area contributed by atoms with Crippen molar-refractivity contribution in [2.24, 2.45) is 5.92 Å². The molecule has 1 aliphatic heterocycles. The number of nitrogens with one attached hydrogen (secondary N) is 1. The van der Waals surface area contributed by atoms with E-state index in [-0.39, 0.29) is 24.6 Å². The van der Waals surface area contributed by atoms with Crippen LogP contribution in [-0.4, -0.2) is 52.9 Å². The largest absolute Gasteiger partial charge is 0.481 e. The molecule has 1 fully saturated rings. The van der Waals surface area contributed by atoms with Gasteiger partial charge in [0.25, 0.3) is 0 Å². The third kappa shape index (κ3) is 5.36. The first-order valence-corrected chi connectivity index (χ1v) is 7.44. The number of carboxylic acid groups (broad SMARTS) is 1. The average molecular weight is 286 g/mol. The molecule has 1 aliphatic rings. The zero-order chi connectivity index (χ0) is 15.0. The van der Waals surface area contributed by atoms with Gasteiger partial charge in [-0.1, -0.05) is 6.92 Å². The molecule has 0 saturated carbocycles. The number of likely N-dealkylation sites (tertiary alicyclic amines) is 1. The molecule has 0 aromatic heterocycles. The summed E-state index contributed by atoms with van der Waals surface area (Å²) >= 11 is 0. The predicted molar refractivity (Wildman–Crippen MR) is 75.5 cm³/mol. The smallest absolute Gasteiger partial charge is 0.317 e. The maximum Gasteiger partial charge on any atom is 0.317 e. The molecule has 2 amide bonds. The molecule has 0 aromatic rings. The van der Waals surface area contributed by atoms with Gasteiger partial charge in [0.15, 0.2) is 0 Å². The Hall–Kier alpha value is -1.30. The maximum absolute atomic E-state index is 12.0. The van der Waals surface area contributed by atoms with Crippen LogP contribution >= 0.6 is 0 Å².